The van der Waals surface area contributed by atoms with E-state index in [1.54, 1.807) is 10.7 Å². The molecule has 0 spiro atoms. The van der Waals surface area contributed by atoms with Crippen molar-refractivity contribution in [3.05, 3.63) is 89.1 Å². The zero-order chi connectivity index (χ0) is 20.4. The highest BCUT2D eigenvalue weighted by Gasteiger charge is 2.15. The molecular weight excluding hydrogens is 385 g/mol. The van der Waals surface area contributed by atoms with Gasteiger partial charge < -0.3 is 4.74 Å². The van der Waals surface area contributed by atoms with Gasteiger partial charge in [-0.25, -0.2) is 13.8 Å². The SMILES string of the molecule is O=c1ccn(-c2ccc(OC(F)F)cc2F)nc1-c1ccnn1-c1ccccc1. The minimum absolute atomic E-state index is 0.0290. The zero-order valence-electron chi connectivity index (χ0n) is 14.7. The van der Waals surface area contributed by atoms with Crippen molar-refractivity contribution in [1.29, 1.82) is 0 Å². The summed E-state index contributed by atoms with van der Waals surface area (Å²) in [4.78, 5) is 12.4. The summed E-state index contributed by atoms with van der Waals surface area (Å²) < 4.78 is 45.9. The van der Waals surface area contributed by atoms with E-state index in [4.69, 9.17) is 0 Å². The molecule has 0 saturated carbocycles. The Kier molecular flexibility index (Phi) is 4.86. The summed E-state index contributed by atoms with van der Waals surface area (Å²) in [5.41, 5.74) is 0.800. The third-order valence-electron chi connectivity index (χ3n) is 4.09. The summed E-state index contributed by atoms with van der Waals surface area (Å²) in [6.07, 6.45) is 2.82. The number of nitrogens with zero attached hydrogens (tertiary/aromatic N) is 4. The predicted molar refractivity (Wildman–Crippen MR) is 99.0 cm³/mol. The third kappa shape index (κ3) is 3.75. The lowest BCUT2D eigenvalue weighted by Gasteiger charge is -2.11. The van der Waals surface area contributed by atoms with Crippen molar-refractivity contribution < 1.29 is 17.9 Å². The van der Waals surface area contributed by atoms with Crippen molar-refractivity contribution in [3.8, 4) is 28.5 Å². The van der Waals surface area contributed by atoms with E-state index in [1.807, 2.05) is 30.3 Å². The second-order valence-electron chi connectivity index (χ2n) is 5.93. The number of alkyl halides is 2. The predicted octanol–water partition coefficient (Wildman–Crippen LogP) is 3.83. The van der Waals surface area contributed by atoms with Gasteiger partial charge in [0.25, 0.3) is 0 Å². The van der Waals surface area contributed by atoms with Gasteiger partial charge in [0.1, 0.15) is 11.4 Å². The molecule has 0 N–H and O–H groups in total. The topological polar surface area (TPSA) is 61.9 Å². The molecular formula is C20H13F3N4O2. The van der Waals surface area contributed by atoms with Gasteiger partial charge in [0.05, 0.1) is 17.6 Å². The van der Waals surface area contributed by atoms with Gasteiger partial charge in [-0.05, 0) is 30.3 Å². The summed E-state index contributed by atoms with van der Waals surface area (Å²) in [7, 11) is 0. The quantitative estimate of drug-likeness (QED) is 0.513. The Morgan fingerprint density at radius 1 is 1.00 bits per heavy atom. The molecule has 0 bridgehead atoms. The molecule has 2 aromatic carbocycles. The molecule has 29 heavy (non-hydrogen) atoms. The number of rotatable bonds is 5. The highest BCUT2D eigenvalue weighted by Crippen LogP contribution is 2.22. The molecule has 0 atom stereocenters. The van der Waals surface area contributed by atoms with Crippen molar-refractivity contribution >= 4 is 0 Å². The first-order chi connectivity index (χ1) is 14.0. The Bertz CT molecular complexity index is 1210. The molecule has 4 aromatic rings. The Hall–Kier alpha value is -3.88. The highest BCUT2D eigenvalue weighted by molar-refractivity contribution is 5.57. The minimum Gasteiger partial charge on any atom is -0.435 e. The summed E-state index contributed by atoms with van der Waals surface area (Å²) in [5, 5.41) is 8.47. The molecule has 9 heteroatoms. The van der Waals surface area contributed by atoms with Crippen LogP contribution in [0.3, 0.4) is 0 Å². The summed E-state index contributed by atoms with van der Waals surface area (Å²) in [6, 6.07) is 15.3. The third-order valence-corrected chi connectivity index (χ3v) is 4.09. The van der Waals surface area contributed by atoms with Crippen LogP contribution in [0.25, 0.3) is 22.8 Å². The molecule has 0 fully saturated rings. The van der Waals surface area contributed by atoms with Gasteiger partial charge in [0, 0.05) is 18.3 Å². The number of ether oxygens (including phenoxy) is 1. The molecule has 2 heterocycles. The average Bonchev–Trinajstić information content (AvgIpc) is 3.19. The van der Waals surface area contributed by atoms with Crippen LogP contribution in [-0.2, 0) is 0 Å². The van der Waals surface area contributed by atoms with Gasteiger partial charge >= 0.3 is 6.61 Å². The standard InChI is InChI=1S/C20H13F3N4O2/c21-15-12-14(29-20(22)23)6-7-16(15)26-11-9-18(28)19(25-26)17-8-10-24-27(17)13-4-2-1-3-5-13/h1-12,20H. The van der Waals surface area contributed by atoms with E-state index < -0.39 is 12.4 Å². The van der Waals surface area contributed by atoms with Gasteiger partial charge in [-0.15, -0.1) is 0 Å². The molecule has 146 valence electrons. The number of halogens is 3. The molecule has 0 aliphatic rings. The lowest BCUT2D eigenvalue weighted by molar-refractivity contribution is -0.0499. The maximum Gasteiger partial charge on any atom is 0.387 e. The van der Waals surface area contributed by atoms with Crippen LogP contribution in [0, 0.1) is 5.82 Å². The van der Waals surface area contributed by atoms with Crippen molar-refractivity contribution in [2.75, 3.05) is 0 Å². The Labute approximate surface area is 162 Å². The van der Waals surface area contributed by atoms with E-state index in [1.165, 1.54) is 30.6 Å². The smallest absolute Gasteiger partial charge is 0.387 e. The highest BCUT2D eigenvalue weighted by atomic mass is 19.3. The molecule has 0 saturated heterocycles. The Morgan fingerprint density at radius 3 is 2.52 bits per heavy atom. The molecule has 2 aromatic heterocycles. The lowest BCUT2D eigenvalue weighted by atomic mass is 10.2. The fourth-order valence-corrected chi connectivity index (χ4v) is 2.83. The zero-order valence-corrected chi connectivity index (χ0v) is 14.7. The minimum atomic E-state index is -3.06. The number of hydrogen-bond donors (Lipinski definition) is 0. The fourth-order valence-electron chi connectivity index (χ4n) is 2.83. The second kappa shape index (κ2) is 7.63. The van der Waals surface area contributed by atoms with Crippen LogP contribution < -0.4 is 10.2 Å². The normalized spacial score (nSPS) is 11.0. The molecule has 4 rings (SSSR count). The van der Waals surface area contributed by atoms with Crippen LogP contribution in [0.4, 0.5) is 13.2 Å². The fraction of sp³-hybridized carbons (Fsp3) is 0.0500. The van der Waals surface area contributed by atoms with Gasteiger partial charge in [0.2, 0.25) is 5.43 Å². The number of aromatic nitrogens is 4. The Balaban J connectivity index is 1.78. The van der Waals surface area contributed by atoms with Crippen molar-refractivity contribution in [2.24, 2.45) is 0 Å². The van der Waals surface area contributed by atoms with E-state index in [0.29, 0.717) is 5.69 Å². The molecule has 6 nitrogen and oxygen atoms in total. The van der Waals surface area contributed by atoms with E-state index >= 15 is 0 Å². The number of para-hydroxylation sites is 1. The first-order valence-corrected chi connectivity index (χ1v) is 8.47. The van der Waals surface area contributed by atoms with Gasteiger partial charge in [0.15, 0.2) is 11.5 Å². The van der Waals surface area contributed by atoms with E-state index in [9.17, 15) is 18.0 Å². The number of hydrogen-bond acceptors (Lipinski definition) is 4. The molecule has 0 aliphatic carbocycles. The molecule has 0 amide bonds. The van der Waals surface area contributed by atoms with Crippen LogP contribution >= 0.6 is 0 Å². The number of benzene rings is 2. The summed E-state index contributed by atoms with van der Waals surface area (Å²) in [6.45, 7) is -3.06. The van der Waals surface area contributed by atoms with Crippen LogP contribution in [-0.4, -0.2) is 26.2 Å². The van der Waals surface area contributed by atoms with E-state index in [2.05, 4.69) is 14.9 Å². The Morgan fingerprint density at radius 2 is 1.79 bits per heavy atom. The molecule has 0 unspecified atom stereocenters. The monoisotopic (exact) mass is 398 g/mol. The van der Waals surface area contributed by atoms with Crippen LogP contribution in [0.15, 0.2) is 77.9 Å². The first kappa shape index (κ1) is 18.5. The van der Waals surface area contributed by atoms with Crippen molar-refractivity contribution in [3.63, 3.8) is 0 Å². The summed E-state index contributed by atoms with van der Waals surface area (Å²) >= 11 is 0. The molecule has 0 aliphatic heterocycles. The van der Waals surface area contributed by atoms with Crippen LogP contribution in [0.5, 0.6) is 5.75 Å². The van der Waals surface area contributed by atoms with Gasteiger partial charge in [-0.3, -0.25) is 4.79 Å². The second-order valence-corrected chi connectivity index (χ2v) is 5.93. The first-order valence-electron chi connectivity index (χ1n) is 8.47. The maximum absolute atomic E-state index is 14.4. The van der Waals surface area contributed by atoms with E-state index in [-0.39, 0.29) is 22.6 Å². The van der Waals surface area contributed by atoms with Crippen LogP contribution in [0.1, 0.15) is 0 Å². The maximum atomic E-state index is 14.4. The van der Waals surface area contributed by atoms with Crippen molar-refractivity contribution in [1.82, 2.24) is 19.6 Å². The van der Waals surface area contributed by atoms with Crippen molar-refractivity contribution in [2.45, 2.75) is 6.61 Å². The van der Waals surface area contributed by atoms with Gasteiger partial charge in [-0.1, -0.05) is 18.2 Å². The molecule has 0 radical (unpaired) electrons. The van der Waals surface area contributed by atoms with E-state index in [0.717, 1.165) is 16.4 Å². The lowest BCUT2D eigenvalue weighted by Crippen LogP contribution is -2.15. The van der Waals surface area contributed by atoms with Gasteiger partial charge in [-0.2, -0.15) is 19.0 Å². The van der Waals surface area contributed by atoms with Crippen LogP contribution in [0.2, 0.25) is 0 Å². The largest absolute Gasteiger partial charge is 0.435 e. The average molecular weight is 398 g/mol. The summed E-state index contributed by atoms with van der Waals surface area (Å²) in [5.74, 6) is -1.15.